The first-order chi connectivity index (χ1) is 12.8. The fraction of sp³-hybridized carbons (Fsp3) is 0.957. The Kier molecular flexibility index (Phi) is 23.4. The molecule has 0 aromatic carbocycles. The molecule has 0 saturated carbocycles. The van der Waals surface area contributed by atoms with E-state index in [1.807, 2.05) is 0 Å². The summed E-state index contributed by atoms with van der Waals surface area (Å²) in [4.78, 5) is 11.0. The second-order valence-corrected chi connectivity index (χ2v) is 8.81. The lowest BCUT2D eigenvalue weighted by Crippen LogP contribution is -1.99. The summed E-state index contributed by atoms with van der Waals surface area (Å²) in [6, 6.07) is 0. The maximum absolute atomic E-state index is 11.0. The first-order valence-corrected chi connectivity index (χ1v) is 13.0. The number of unbranched alkanes of at least 4 members (excludes halogenated alkanes) is 18. The Balaban J connectivity index is 3.00. The lowest BCUT2D eigenvalue weighted by atomic mass is 10.0. The quantitative estimate of drug-likeness (QED) is 0.0714. The second kappa shape index (κ2) is 23.2. The van der Waals surface area contributed by atoms with E-state index < -0.39 is 0 Å². The van der Waals surface area contributed by atoms with Crippen LogP contribution in [-0.4, -0.2) is 17.5 Å². The van der Waals surface area contributed by atoms with Crippen molar-refractivity contribution in [2.24, 2.45) is 0 Å². The van der Waals surface area contributed by atoms with E-state index in [0.717, 1.165) is 6.42 Å². The van der Waals surface area contributed by atoms with Crippen LogP contribution in [0.15, 0.2) is 0 Å². The topological polar surface area (TPSA) is 26.3 Å². The van der Waals surface area contributed by atoms with Crippen molar-refractivity contribution in [1.82, 2.24) is 0 Å². The summed E-state index contributed by atoms with van der Waals surface area (Å²) in [5.74, 6) is -0.0628. The van der Waals surface area contributed by atoms with Crippen molar-refractivity contribution in [1.29, 1.82) is 0 Å². The molecule has 0 aliphatic carbocycles. The third-order valence-electron chi connectivity index (χ3n) is 5.24. The van der Waals surface area contributed by atoms with Crippen LogP contribution in [0.25, 0.3) is 0 Å². The SMILES string of the molecule is COC(=O)CCCCCCCCCCCCCCCCCCCCCI. The van der Waals surface area contributed by atoms with Crippen molar-refractivity contribution in [3.63, 3.8) is 0 Å². The zero-order valence-electron chi connectivity index (χ0n) is 17.5. The van der Waals surface area contributed by atoms with E-state index in [4.69, 9.17) is 0 Å². The van der Waals surface area contributed by atoms with Gasteiger partial charge in [0.15, 0.2) is 0 Å². The largest absolute Gasteiger partial charge is 0.469 e. The van der Waals surface area contributed by atoms with Crippen molar-refractivity contribution in [3.05, 3.63) is 0 Å². The smallest absolute Gasteiger partial charge is 0.305 e. The van der Waals surface area contributed by atoms with Crippen LogP contribution in [0, 0.1) is 0 Å². The van der Waals surface area contributed by atoms with Gasteiger partial charge in [0, 0.05) is 6.42 Å². The number of carbonyl (C=O) groups excluding carboxylic acids is 1. The molecule has 0 N–H and O–H groups in total. The van der Waals surface area contributed by atoms with E-state index in [-0.39, 0.29) is 5.97 Å². The van der Waals surface area contributed by atoms with Gasteiger partial charge in [-0.25, -0.2) is 0 Å². The summed E-state index contributed by atoms with van der Waals surface area (Å²) in [6.07, 6.45) is 26.9. The summed E-state index contributed by atoms with van der Waals surface area (Å²) in [5.41, 5.74) is 0. The Morgan fingerprint density at radius 3 is 1.08 bits per heavy atom. The Morgan fingerprint density at radius 1 is 0.538 bits per heavy atom. The Labute approximate surface area is 177 Å². The van der Waals surface area contributed by atoms with Crippen LogP contribution in [0.4, 0.5) is 0 Å². The minimum Gasteiger partial charge on any atom is -0.469 e. The monoisotopic (exact) mass is 480 g/mol. The molecule has 0 bridgehead atoms. The molecule has 0 saturated heterocycles. The van der Waals surface area contributed by atoms with E-state index in [1.54, 1.807) is 0 Å². The molecule has 0 unspecified atom stereocenters. The van der Waals surface area contributed by atoms with Crippen LogP contribution in [0.3, 0.4) is 0 Å². The van der Waals surface area contributed by atoms with Crippen molar-refractivity contribution in [2.75, 3.05) is 11.5 Å². The van der Waals surface area contributed by atoms with E-state index in [0.29, 0.717) is 6.42 Å². The predicted octanol–water partition coefficient (Wildman–Crippen LogP) is 8.40. The van der Waals surface area contributed by atoms with Gasteiger partial charge in [-0.3, -0.25) is 4.79 Å². The predicted molar refractivity (Wildman–Crippen MR) is 123 cm³/mol. The van der Waals surface area contributed by atoms with E-state index in [2.05, 4.69) is 27.3 Å². The highest BCUT2D eigenvalue weighted by Crippen LogP contribution is 2.15. The highest BCUT2D eigenvalue weighted by Gasteiger charge is 1.99. The van der Waals surface area contributed by atoms with E-state index >= 15 is 0 Å². The van der Waals surface area contributed by atoms with Gasteiger partial charge in [-0.1, -0.05) is 132 Å². The molecule has 0 heterocycles. The van der Waals surface area contributed by atoms with Gasteiger partial charge in [0.1, 0.15) is 0 Å². The third-order valence-corrected chi connectivity index (χ3v) is 6.00. The Bertz CT molecular complexity index is 281. The highest BCUT2D eigenvalue weighted by molar-refractivity contribution is 14.1. The Hall–Kier alpha value is 0.200. The number of alkyl halides is 1. The van der Waals surface area contributed by atoms with Gasteiger partial charge in [0.25, 0.3) is 0 Å². The lowest BCUT2D eigenvalue weighted by molar-refractivity contribution is -0.140. The van der Waals surface area contributed by atoms with E-state index in [1.165, 1.54) is 127 Å². The minimum atomic E-state index is -0.0628. The third kappa shape index (κ3) is 22.2. The molecule has 0 atom stereocenters. The van der Waals surface area contributed by atoms with Crippen LogP contribution >= 0.6 is 22.6 Å². The second-order valence-electron chi connectivity index (χ2n) is 7.73. The van der Waals surface area contributed by atoms with Gasteiger partial charge in [-0.05, 0) is 17.3 Å². The molecule has 26 heavy (non-hydrogen) atoms. The molecule has 0 aromatic heterocycles. The zero-order valence-corrected chi connectivity index (χ0v) is 19.7. The molecule has 0 spiro atoms. The molecule has 0 rings (SSSR count). The summed E-state index contributed by atoms with van der Waals surface area (Å²) in [5, 5.41) is 0. The van der Waals surface area contributed by atoms with Crippen LogP contribution in [0.5, 0.6) is 0 Å². The molecular weight excluding hydrogens is 435 g/mol. The number of halogens is 1. The van der Waals surface area contributed by atoms with Gasteiger partial charge in [-0.15, -0.1) is 0 Å². The number of methoxy groups -OCH3 is 1. The van der Waals surface area contributed by atoms with Crippen molar-refractivity contribution < 1.29 is 9.53 Å². The summed E-state index contributed by atoms with van der Waals surface area (Å²) >= 11 is 2.48. The molecule has 0 radical (unpaired) electrons. The number of ether oxygens (including phenoxy) is 1. The van der Waals surface area contributed by atoms with E-state index in [9.17, 15) is 4.79 Å². The molecule has 2 nitrogen and oxygen atoms in total. The van der Waals surface area contributed by atoms with Crippen molar-refractivity contribution >= 4 is 28.6 Å². The molecule has 0 aliphatic heterocycles. The lowest BCUT2D eigenvalue weighted by Gasteiger charge is -2.04. The maximum atomic E-state index is 11.0. The molecule has 0 aliphatic rings. The van der Waals surface area contributed by atoms with Gasteiger partial charge in [-0.2, -0.15) is 0 Å². The summed E-state index contributed by atoms with van der Waals surface area (Å²) in [6.45, 7) is 0. The number of esters is 1. The Morgan fingerprint density at radius 2 is 0.808 bits per heavy atom. The number of rotatable bonds is 21. The van der Waals surface area contributed by atoms with Crippen molar-refractivity contribution in [2.45, 2.75) is 128 Å². The van der Waals surface area contributed by atoms with Gasteiger partial charge in [0.05, 0.1) is 7.11 Å². The van der Waals surface area contributed by atoms with Gasteiger partial charge >= 0.3 is 5.97 Å². The molecule has 156 valence electrons. The molecule has 0 amide bonds. The molecule has 0 aromatic rings. The number of hydrogen-bond acceptors (Lipinski definition) is 2. The maximum Gasteiger partial charge on any atom is 0.305 e. The van der Waals surface area contributed by atoms with Crippen LogP contribution in [-0.2, 0) is 9.53 Å². The average molecular weight is 481 g/mol. The summed E-state index contributed by atoms with van der Waals surface area (Å²) in [7, 11) is 1.47. The molecule has 0 fully saturated rings. The van der Waals surface area contributed by atoms with Crippen LogP contribution in [0.2, 0.25) is 0 Å². The summed E-state index contributed by atoms with van der Waals surface area (Å²) < 4.78 is 5.98. The first-order valence-electron chi connectivity index (χ1n) is 11.4. The van der Waals surface area contributed by atoms with Gasteiger partial charge < -0.3 is 4.74 Å². The van der Waals surface area contributed by atoms with Crippen molar-refractivity contribution in [3.8, 4) is 0 Å². The fourth-order valence-corrected chi connectivity index (χ4v) is 4.01. The molecular formula is C23H45IO2. The normalized spacial score (nSPS) is 11.0. The number of hydrogen-bond donors (Lipinski definition) is 0. The zero-order chi connectivity index (χ0) is 19.1. The average Bonchev–Trinajstić information content (AvgIpc) is 2.66. The number of carbonyl (C=O) groups is 1. The molecule has 3 heteroatoms. The highest BCUT2D eigenvalue weighted by atomic mass is 127. The fourth-order valence-electron chi connectivity index (χ4n) is 3.47. The standard InChI is InChI=1S/C23H45IO2/c1-26-23(25)21-19-17-15-13-11-9-7-5-3-2-4-6-8-10-12-14-16-18-20-22-24/h2-22H2,1H3. The van der Waals surface area contributed by atoms with Crippen LogP contribution < -0.4 is 0 Å². The minimum absolute atomic E-state index is 0.0628. The van der Waals surface area contributed by atoms with Crippen LogP contribution in [0.1, 0.15) is 128 Å². The first kappa shape index (κ1) is 26.2. The van der Waals surface area contributed by atoms with Gasteiger partial charge in [0.2, 0.25) is 0 Å².